The quantitative estimate of drug-likeness (QED) is 0.856. The van der Waals surface area contributed by atoms with Gasteiger partial charge in [-0.2, -0.15) is 0 Å². The summed E-state index contributed by atoms with van der Waals surface area (Å²) in [5, 5.41) is 5.99. The fourth-order valence-electron chi connectivity index (χ4n) is 1.86. The number of rotatable bonds is 6. The number of methoxy groups -OCH3 is 1. The summed E-state index contributed by atoms with van der Waals surface area (Å²) in [7, 11) is 1.66. The summed E-state index contributed by atoms with van der Waals surface area (Å²) < 4.78 is 5.30. The highest BCUT2D eigenvalue weighted by Crippen LogP contribution is 2.18. The molecule has 2 aromatic rings. The average molecular weight is 285 g/mol. The normalized spacial score (nSPS) is 10.0. The molecule has 0 bridgehead atoms. The van der Waals surface area contributed by atoms with Crippen LogP contribution in [0.3, 0.4) is 0 Å². The Morgan fingerprint density at radius 1 is 1.24 bits per heavy atom. The minimum absolute atomic E-state index is 0.0217. The number of pyridine rings is 1. The van der Waals surface area contributed by atoms with Gasteiger partial charge in [0.05, 0.1) is 19.0 Å². The molecule has 0 aliphatic heterocycles. The van der Waals surface area contributed by atoms with Crippen LogP contribution in [0.4, 0.5) is 11.5 Å². The van der Waals surface area contributed by atoms with E-state index in [4.69, 9.17) is 4.74 Å². The Hall–Kier alpha value is -2.56. The lowest BCUT2D eigenvalue weighted by Crippen LogP contribution is -2.10. The van der Waals surface area contributed by atoms with Gasteiger partial charge in [-0.05, 0) is 18.2 Å². The van der Waals surface area contributed by atoms with Gasteiger partial charge in [0, 0.05) is 18.5 Å². The molecule has 1 aromatic carbocycles. The van der Waals surface area contributed by atoms with Gasteiger partial charge in [0.2, 0.25) is 5.91 Å². The predicted octanol–water partition coefficient (Wildman–Crippen LogP) is 3.05. The standard InChI is InChI=1S/C16H19N3O2/c1-3-16(20)19-13-8-9-15(18-11-13)17-10-12-6-4-5-7-14(12)21-2/h4-9,11H,3,10H2,1-2H3,(H,17,18)(H,19,20). The Morgan fingerprint density at radius 3 is 2.71 bits per heavy atom. The van der Waals surface area contributed by atoms with E-state index in [2.05, 4.69) is 15.6 Å². The smallest absolute Gasteiger partial charge is 0.224 e. The minimum atomic E-state index is -0.0217. The monoisotopic (exact) mass is 285 g/mol. The van der Waals surface area contributed by atoms with Crippen molar-refractivity contribution in [2.24, 2.45) is 0 Å². The molecule has 1 aromatic heterocycles. The van der Waals surface area contributed by atoms with Gasteiger partial charge in [0.1, 0.15) is 11.6 Å². The Balaban J connectivity index is 1.96. The molecule has 5 nitrogen and oxygen atoms in total. The summed E-state index contributed by atoms with van der Waals surface area (Å²) in [5.41, 5.74) is 1.76. The van der Waals surface area contributed by atoms with Gasteiger partial charge in [-0.15, -0.1) is 0 Å². The van der Waals surface area contributed by atoms with E-state index in [-0.39, 0.29) is 5.91 Å². The molecule has 1 heterocycles. The van der Waals surface area contributed by atoms with Gasteiger partial charge in [-0.25, -0.2) is 4.98 Å². The summed E-state index contributed by atoms with van der Waals surface area (Å²) >= 11 is 0. The summed E-state index contributed by atoms with van der Waals surface area (Å²) in [5.74, 6) is 1.57. The number of hydrogen-bond donors (Lipinski definition) is 2. The van der Waals surface area contributed by atoms with Gasteiger partial charge in [-0.1, -0.05) is 25.1 Å². The molecule has 21 heavy (non-hydrogen) atoms. The van der Waals surface area contributed by atoms with Gasteiger partial charge in [0.15, 0.2) is 0 Å². The molecule has 0 spiro atoms. The minimum Gasteiger partial charge on any atom is -0.496 e. The van der Waals surface area contributed by atoms with Crippen LogP contribution in [0.5, 0.6) is 5.75 Å². The van der Waals surface area contributed by atoms with Gasteiger partial charge >= 0.3 is 0 Å². The van der Waals surface area contributed by atoms with Crippen LogP contribution in [0.15, 0.2) is 42.6 Å². The van der Waals surface area contributed by atoms with Crippen molar-refractivity contribution in [2.75, 3.05) is 17.7 Å². The largest absolute Gasteiger partial charge is 0.496 e. The van der Waals surface area contributed by atoms with E-state index in [0.717, 1.165) is 17.1 Å². The van der Waals surface area contributed by atoms with E-state index in [1.54, 1.807) is 13.3 Å². The lowest BCUT2D eigenvalue weighted by atomic mass is 10.2. The first-order valence-electron chi connectivity index (χ1n) is 6.84. The second kappa shape index (κ2) is 7.28. The SMILES string of the molecule is CCC(=O)Nc1ccc(NCc2ccccc2OC)nc1. The molecule has 0 saturated carbocycles. The number of aromatic nitrogens is 1. The first kappa shape index (κ1) is 14.8. The molecule has 0 saturated heterocycles. The van der Waals surface area contributed by atoms with Crippen molar-refractivity contribution in [1.82, 2.24) is 4.98 Å². The third-order valence-corrected chi connectivity index (χ3v) is 3.02. The third kappa shape index (κ3) is 4.21. The molecule has 5 heteroatoms. The highest BCUT2D eigenvalue weighted by molar-refractivity contribution is 5.90. The lowest BCUT2D eigenvalue weighted by Gasteiger charge is -2.10. The number of ether oxygens (including phenoxy) is 1. The molecule has 0 aliphatic carbocycles. The Bertz CT molecular complexity index is 597. The van der Waals surface area contributed by atoms with Crippen LogP contribution in [0.2, 0.25) is 0 Å². The van der Waals surface area contributed by atoms with E-state index in [0.29, 0.717) is 18.7 Å². The molecule has 2 rings (SSSR count). The van der Waals surface area contributed by atoms with Crippen LogP contribution in [-0.4, -0.2) is 18.0 Å². The lowest BCUT2D eigenvalue weighted by molar-refractivity contribution is -0.115. The van der Waals surface area contributed by atoms with Crippen molar-refractivity contribution < 1.29 is 9.53 Å². The van der Waals surface area contributed by atoms with Crippen LogP contribution in [-0.2, 0) is 11.3 Å². The van der Waals surface area contributed by atoms with Crippen molar-refractivity contribution in [2.45, 2.75) is 19.9 Å². The van der Waals surface area contributed by atoms with Gasteiger partial charge in [0.25, 0.3) is 0 Å². The second-order valence-corrected chi connectivity index (χ2v) is 4.50. The van der Waals surface area contributed by atoms with E-state index >= 15 is 0 Å². The highest BCUT2D eigenvalue weighted by atomic mass is 16.5. The van der Waals surface area contributed by atoms with Gasteiger partial charge in [-0.3, -0.25) is 4.79 Å². The zero-order chi connectivity index (χ0) is 15.1. The number of nitrogens with one attached hydrogen (secondary N) is 2. The fraction of sp³-hybridized carbons (Fsp3) is 0.250. The molecule has 0 atom stereocenters. The Morgan fingerprint density at radius 2 is 2.05 bits per heavy atom. The maximum atomic E-state index is 11.3. The van der Waals surface area contributed by atoms with E-state index in [1.807, 2.05) is 43.3 Å². The van der Waals surface area contributed by atoms with E-state index in [9.17, 15) is 4.79 Å². The third-order valence-electron chi connectivity index (χ3n) is 3.02. The first-order chi connectivity index (χ1) is 10.2. The highest BCUT2D eigenvalue weighted by Gasteiger charge is 2.03. The topological polar surface area (TPSA) is 63.2 Å². The van der Waals surface area contributed by atoms with Crippen LogP contribution in [0, 0.1) is 0 Å². The number of carbonyl (C=O) groups excluding carboxylic acids is 1. The number of nitrogens with zero attached hydrogens (tertiary/aromatic N) is 1. The zero-order valence-corrected chi connectivity index (χ0v) is 12.2. The summed E-state index contributed by atoms with van der Waals surface area (Å²) in [6.45, 7) is 2.43. The molecular formula is C16H19N3O2. The number of carbonyl (C=O) groups is 1. The van der Waals surface area contributed by atoms with Crippen molar-refractivity contribution >= 4 is 17.4 Å². The molecule has 0 radical (unpaired) electrons. The van der Waals surface area contributed by atoms with Crippen molar-refractivity contribution in [1.29, 1.82) is 0 Å². The number of amides is 1. The molecule has 0 fully saturated rings. The van der Waals surface area contributed by atoms with Crippen molar-refractivity contribution in [3.05, 3.63) is 48.2 Å². The predicted molar refractivity (Wildman–Crippen MR) is 83.5 cm³/mol. The number of anilines is 2. The molecule has 0 aliphatic rings. The number of benzene rings is 1. The Labute approximate surface area is 124 Å². The van der Waals surface area contributed by atoms with Crippen LogP contribution in [0.1, 0.15) is 18.9 Å². The molecule has 2 N–H and O–H groups in total. The summed E-state index contributed by atoms with van der Waals surface area (Å²) in [6, 6.07) is 11.5. The van der Waals surface area contributed by atoms with Crippen LogP contribution in [0.25, 0.3) is 0 Å². The molecule has 0 unspecified atom stereocenters. The summed E-state index contributed by atoms with van der Waals surface area (Å²) in [4.78, 5) is 15.5. The van der Waals surface area contributed by atoms with Crippen LogP contribution >= 0.6 is 0 Å². The first-order valence-corrected chi connectivity index (χ1v) is 6.84. The maximum Gasteiger partial charge on any atom is 0.224 e. The van der Waals surface area contributed by atoms with Crippen molar-refractivity contribution in [3.63, 3.8) is 0 Å². The van der Waals surface area contributed by atoms with E-state index in [1.165, 1.54) is 0 Å². The zero-order valence-electron chi connectivity index (χ0n) is 12.2. The second-order valence-electron chi connectivity index (χ2n) is 4.50. The van der Waals surface area contributed by atoms with E-state index < -0.39 is 0 Å². The number of hydrogen-bond acceptors (Lipinski definition) is 4. The average Bonchev–Trinajstić information content (AvgIpc) is 2.54. The Kier molecular flexibility index (Phi) is 5.15. The maximum absolute atomic E-state index is 11.3. The van der Waals surface area contributed by atoms with Gasteiger partial charge < -0.3 is 15.4 Å². The molecule has 1 amide bonds. The fourth-order valence-corrected chi connectivity index (χ4v) is 1.86. The van der Waals surface area contributed by atoms with Crippen molar-refractivity contribution in [3.8, 4) is 5.75 Å². The molecule has 110 valence electrons. The number of para-hydroxylation sites is 1. The molecular weight excluding hydrogens is 266 g/mol. The van der Waals surface area contributed by atoms with Crippen LogP contribution < -0.4 is 15.4 Å². The summed E-state index contributed by atoms with van der Waals surface area (Å²) in [6.07, 6.45) is 2.09.